The van der Waals surface area contributed by atoms with Crippen LogP contribution in [0.2, 0.25) is 0 Å². The van der Waals surface area contributed by atoms with Crippen LogP contribution in [0.15, 0.2) is 0 Å². The second-order valence-corrected chi connectivity index (χ2v) is 5.95. The van der Waals surface area contributed by atoms with Crippen LogP contribution < -0.4 is 5.32 Å². The molecule has 0 amide bonds. The third-order valence-electron chi connectivity index (χ3n) is 4.13. The van der Waals surface area contributed by atoms with Gasteiger partial charge in [-0.3, -0.25) is 0 Å². The average Bonchev–Trinajstić information content (AvgIpc) is 2.95. The summed E-state index contributed by atoms with van der Waals surface area (Å²) in [6.45, 7) is 4.59. The predicted molar refractivity (Wildman–Crippen MR) is 62.8 cm³/mol. The Kier molecular flexibility index (Phi) is 3.36. The van der Waals surface area contributed by atoms with Crippen LogP contribution in [0.3, 0.4) is 0 Å². The molecule has 0 bridgehead atoms. The lowest BCUT2D eigenvalue weighted by Gasteiger charge is -2.34. The van der Waals surface area contributed by atoms with E-state index in [1.807, 2.05) is 0 Å². The van der Waals surface area contributed by atoms with Crippen molar-refractivity contribution in [3.05, 3.63) is 0 Å². The lowest BCUT2D eigenvalue weighted by molar-refractivity contribution is 0.0995. The van der Waals surface area contributed by atoms with Gasteiger partial charge in [0.25, 0.3) is 0 Å². The van der Waals surface area contributed by atoms with Gasteiger partial charge in [-0.15, -0.1) is 0 Å². The van der Waals surface area contributed by atoms with Crippen LogP contribution in [-0.4, -0.2) is 22.8 Å². The van der Waals surface area contributed by atoms with Crippen LogP contribution >= 0.6 is 0 Å². The van der Waals surface area contributed by atoms with E-state index in [-0.39, 0.29) is 11.6 Å². The van der Waals surface area contributed by atoms with E-state index in [9.17, 15) is 5.11 Å². The quantitative estimate of drug-likeness (QED) is 0.703. The van der Waals surface area contributed by atoms with Crippen molar-refractivity contribution in [1.82, 2.24) is 5.32 Å². The van der Waals surface area contributed by atoms with Gasteiger partial charge in [-0.05, 0) is 45.4 Å². The molecule has 0 aliphatic heterocycles. The first kappa shape index (κ1) is 11.4. The third-order valence-corrected chi connectivity index (χ3v) is 4.13. The zero-order valence-electron chi connectivity index (χ0n) is 10.1. The van der Waals surface area contributed by atoms with Crippen molar-refractivity contribution in [3.63, 3.8) is 0 Å². The molecule has 0 spiro atoms. The fourth-order valence-corrected chi connectivity index (χ4v) is 2.86. The first-order valence-corrected chi connectivity index (χ1v) is 6.55. The Morgan fingerprint density at radius 1 is 1.00 bits per heavy atom. The predicted octanol–water partition coefficient (Wildman–Crippen LogP) is 2.46. The van der Waals surface area contributed by atoms with Gasteiger partial charge in [0.15, 0.2) is 0 Å². The average molecular weight is 211 g/mol. The van der Waals surface area contributed by atoms with Gasteiger partial charge in [-0.25, -0.2) is 0 Å². The SMILES string of the molecule is CC(C)(NC1CCCCCC1O)C1CC1. The van der Waals surface area contributed by atoms with Gasteiger partial charge in [-0.1, -0.05) is 19.3 Å². The summed E-state index contributed by atoms with van der Waals surface area (Å²) in [5.74, 6) is 0.841. The van der Waals surface area contributed by atoms with E-state index in [1.165, 1.54) is 32.1 Å². The Hall–Kier alpha value is -0.0800. The topological polar surface area (TPSA) is 32.3 Å². The molecule has 2 unspecified atom stereocenters. The van der Waals surface area contributed by atoms with Gasteiger partial charge in [-0.2, -0.15) is 0 Å². The highest BCUT2D eigenvalue weighted by molar-refractivity contribution is 4.97. The van der Waals surface area contributed by atoms with Gasteiger partial charge < -0.3 is 10.4 Å². The zero-order chi connectivity index (χ0) is 10.9. The smallest absolute Gasteiger partial charge is 0.0693 e. The van der Waals surface area contributed by atoms with Gasteiger partial charge in [0.1, 0.15) is 0 Å². The number of hydrogen-bond acceptors (Lipinski definition) is 2. The van der Waals surface area contributed by atoms with Crippen molar-refractivity contribution in [2.24, 2.45) is 5.92 Å². The highest BCUT2D eigenvalue weighted by Crippen LogP contribution is 2.40. The fourth-order valence-electron chi connectivity index (χ4n) is 2.86. The molecular formula is C13H25NO. The summed E-state index contributed by atoms with van der Waals surface area (Å²) in [6.07, 6.45) is 8.50. The first-order valence-electron chi connectivity index (χ1n) is 6.55. The van der Waals surface area contributed by atoms with Crippen LogP contribution in [0.1, 0.15) is 58.8 Å². The second kappa shape index (κ2) is 4.42. The van der Waals surface area contributed by atoms with Crippen molar-refractivity contribution in [1.29, 1.82) is 0 Å². The molecule has 0 radical (unpaired) electrons. The minimum Gasteiger partial charge on any atom is -0.392 e. The Labute approximate surface area is 93.5 Å². The van der Waals surface area contributed by atoms with E-state index in [1.54, 1.807) is 0 Å². The second-order valence-electron chi connectivity index (χ2n) is 5.95. The molecule has 2 aliphatic rings. The molecule has 0 saturated heterocycles. The summed E-state index contributed by atoms with van der Waals surface area (Å²) in [5, 5.41) is 13.7. The summed E-state index contributed by atoms with van der Waals surface area (Å²) in [7, 11) is 0. The van der Waals surface area contributed by atoms with Crippen LogP contribution in [-0.2, 0) is 0 Å². The molecule has 2 atom stereocenters. The highest BCUT2D eigenvalue weighted by Gasteiger charge is 2.39. The van der Waals surface area contributed by atoms with Crippen molar-refractivity contribution in [2.75, 3.05) is 0 Å². The van der Waals surface area contributed by atoms with E-state index >= 15 is 0 Å². The molecule has 2 fully saturated rings. The molecule has 88 valence electrons. The van der Waals surface area contributed by atoms with Gasteiger partial charge in [0, 0.05) is 11.6 Å². The Bertz CT molecular complexity index is 211. The molecule has 2 heteroatoms. The van der Waals surface area contributed by atoms with Crippen molar-refractivity contribution >= 4 is 0 Å². The molecule has 2 nitrogen and oxygen atoms in total. The summed E-state index contributed by atoms with van der Waals surface area (Å²) in [5.41, 5.74) is 0.232. The van der Waals surface area contributed by atoms with Crippen LogP contribution in [0, 0.1) is 5.92 Å². The van der Waals surface area contributed by atoms with Crippen molar-refractivity contribution in [3.8, 4) is 0 Å². The summed E-state index contributed by atoms with van der Waals surface area (Å²) in [4.78, 5) is 0. The number of hydrogen-bond donors (Lipinski definition) is 2. The molecule has 2 aliphatic carbocycles. The standard InChI is InChI=1S/C13H25NO/c1-13(2,10-8-9-10)14-11-6-4-3-5-7-12(11)15/h10-12,14-15H,3-9H2,1-2H3. The maximum atomic E-state index is 10.1. The monoisotopic (exact) mass is 211 g/mol. The highest BCUT2D eigenvalue weighted by atomic mass is 16.3. The molecule has 0 heterocycles. The first-order chi connectivity index (χ1) is 7.09. The summed E-state index contributed by atoms with van der Waals surface area (Å²) < 4.78 is 0. The normalized spacial score (nSPS) is 33.8. The third kappa shape index (κ3) is 2.94. The van der Waals surface area contributed by atoms with E-state index in [0.29, 0.717) is 6.04 Å². The molecule has 2 rings (SSSR count). The van der Waals surface area contributed by atoms with Crippen LogP contribution in [0.25, 0.3) is 0 Å². The summed E-state index contributed by atoms with van der Waals surface area (Å²) >= 11 is 0. The number of aliphatic hydroxyl groups is 1. The van der Waals surface area contributed by atoms with Gasteiger partial charge in [0.05, 0.1) is 6.10 Å². The van der Waals surface area contributed by atoms with Gasteiger partial charge >= 0.3 is 0 Å². The van der Waals surface area contributed by atoms with Crippen molar-refractivity contribution < 1.29 is 5.11 Å². The maximum absolute atomic E-state index is 10.1. The molecule has 0 aromatic rings. The number of nitrogens with one attached hydrogen (secondary N) is 1. The molecule has 2 N–H and O–H groups in total. The number of aliphatic hydroxyl groups excluding tert-OH is 1. The Balaban J connectivity index is 1.90. The summed E-state index contributed by atoms with van der Waals surface area (Å²) in [6, 6.07) is 0.336. The van der Waals surface area contributed by atoms with Crippen LogP contribution in [0.4, 0.5) is 0 Å². The lowest BCUT2D eigenvalue weighted by Crippen LogP contribution is -2.51. The molecule has 15 heavy (non-hydrogen) atoms. The molecule has 0 aromatic carbocycles. The van der Waals surface area contributed by atoms with Crippen molar-refractivity contribution in [2.45, 2.75) is 76.5 Å². The lowest BCUT2D eigenvalue weighted by atomic mass is 9.94. The Morgan fingerprint density at radius 2 is 1.67 bits per heavy atom. The van der Waals surface area contributed by atoms with E-state index < -0.39 is 0 Å². The maximum Gasteiger partial charge on any atom is 0.0693 e. The molecule has 0 aromatic heterocycles. The largest absolute Gasteiger partial charge is 0.392 e. The number of rotatable bonds is 3. The van der Waals surface area contributed by atoms with E-state index in [2.05, 4.69) is 19.2 Å². The molecule has 2 saturated carbocycles. The Morgan fingerprint density at radius 3 is 2.33 bits per heavy atom. The minimum atomic E-state index is -0.120. The molecular weight excluding hydrogens is 186 g/mol. The van der Waals surface area contributed by atoms with E-state index in [4.69, 9.17) is 0 Å². The zero-order valence-corrected chi connectivity index (χ0v) is 10.1. The fraction of sp³-hybridized carbons (Fsp3) is 1.00. The van der Waals surface area contributed by atoms with Gasteiger partial charge in [0.2, 0.25) is 0 Å². The minimum absolute atomic E-state index is 0.120. The van der Waals surface area contributed by atoms with Crippen LogP contribution in [0.5, 0.6) is 0 Å². The van der Waals surface area contributed by atoms with E-state index in [0.717, 1.165) is 18.8 Å².